The highest BCUT2D eigenvalue weighted by molar-refractivity contribution is 7.09. The third-order valence-corrected chi connectivity index (χ3v) is 4.85. The quantitative estimate of drug-likeness (QED) is 0.822. The van der Waals surface area contributed by atoms with Crippen molar-refractivity contribution in [2.45, 2.75) is 31.4 Å². The minimum absolute atomic E-state index is 0.0709. The van der Waals surface area contributed by atoms with Crippen LogP contribution in [0.1, 0.15) is 52.5 Å². The molecule has 0 radical (unpaired) electrons. The molecule has 1 aromatic heterocycles. The molecule has 0 saturated carbocycles. The lowest BCUT2D eigenvalue weighted by atomic mass is 10.0. The molecule has 2 N–H and O–H groups in total. The zero-order chi connectivity index (χ0) is 17.8. The zero-order valence-electron chi connectivity index (χ0n) is 13.3. The Kier molecular flexibility index (Phi) is 5.40. The molecular weight excluding hydrogens is 347 g/mol. The van der Waals surface area contributed by atoms with E-state index in [1.165, 1.54) is 35.6 Å². The fourth-order valence-corrected chi connectivity index (χ4v) is 3.55. The highest BCUT2D eigenvalue weighted by atomic mass is 32.1. The van der Waals surface area contributed by atoms with Crippen molar-refractivity contribution in [1.82, 2.24) is 10.3 Å². The van der Waals surface area contributed by atoms with Crippen LogP contribution in [0.2, 0.25) is 0 Å². The molecule has 2 aromatic rings. The molecule has 25 heavy (non-hydrogen) atoms. The van der Waals surface area contributed by atoms with Crippen LogP contribution in [0.5, 0.6) is 0 Å². The van der Waals surface area contributed by atoms with Gasteiger partial charge in [0.2, 0.25) is 0 Å². The SMILES string of the molecule is O=C(O)CC(NC(=O)c1csc(C2CCCO2)n1)c1ccc(F)cc1. The molecule has 2 atom stereocenters. The van der Waals surface area contributed by atoms with Gasteiger partial charge in [-0.25, -0.2) is 9.37 Å². The molecule has 0 spiro atoms. The molecular formula is C17H17FN2O4S. The molecule has 8 heteroatoms. The maximum atomic E-state index is 13.1. The Morgan fingerprint density at radius 2 is 2.16 bits per heavy atom. The van der Waals surface area contributed by atoms with E-state index in [9.17, 15) is 14.0 Å². The van der Waals surface area contributed by atoms with Crippen LogP contribution in [0.15, 0.2) is 29.6 Å². The van der Waals surface area contributed by atoms with E-state index in [0.29, 0.717) is 12.2 Å². The number of thiazole rings is 1. The van der Waals surface area contributed by atoms with Gasteiger partial charge >= 0.3 is 5.97 Å². The first-order valence-electron chi connectivity index (χ1n) is 7.88. The van der Waals surface area contributed by atoms with Gasteiger partial charge in [0.25, 0.3) is 5.91 Å². The molecule has 1 fully saturated rings. The molecule has 1 saturated heterocycles. The largest absolute Gasteiger partial charge is 0.481 e. The number of hydrogen-bond acceptors (Lipinski definition) is 5. The van der Waals surface area contributed by atoms with E-state index >= 15 is 0 Å². The Bertz CT molecular complexity index is 756. The van der Waals surface area contributed by atoms with Gasteiger partial charge in [-0.1, -0.05) is 12.1 Å². The van der Waals surface area contributed by atoms with Crippen LogP contribution >= 0.6 is 11.3 Å². The lowest BCUT2D eigenvalue weighted by Gasteiger charge is -2.16. The number of carboxylic acids is 1. The van der Waals surface area contributed by atoms with Crippen LogP contribution in [0.3, 0.4) is 0 Å². The minimum atomic E-state index is -1.06. The van der Waals surface area contributed by atoms with Gasteiger partial charge in [0.15, 0.2) is 0 Å². The molecule has 0 bridgehead atoms. The Labute approximate surface area is 147 Å². The van der Waals surface area contributed by atoms with E-state index in [0.717, 1.165) is 17.8 Å². The number of nitrogens with one attached hydrogen (secondary N) is 1. The van der Waals surface area contributed by atoms with E-state index in [1.54, 1.807) is 5.38 Å². The highest BCUT2D eigenvalue weighted by Crippen LogP contribution is 2.30. The molecule has 0 aliphatic carbocycles. The van der Waals surface area contributed by atoms with E-state index < -0.39 is 23.7 Å². The lowest BCUT2D eigenvalue weighted by molar-refractivity contribution is -0.137. The zero-order valence-corrected chi connectivity index (χ0v) is 14.1. The number of aromatic nitrogens is 1. The predicted molar refractivity (Wildman–Crippen MR) is 88.9 cm³/mol. The Hall–Kier alpha value is -2.32. The van der Waals surface area contributed by atoms with Crippen LogP contribution in [-0.2, 0) is 9.53 Å². The average Bonchev–Trinajstić information content (AvgIpc) is 3.26. The number of rotatable bonds is 6. The number of carbonyl (C=O) groups is 2. The first-order valence-corrected chi connectivity index (χ1v) is 8.76. The second-order valence-electron chi connectivity index (χ2n) is 5.75. The van der Waals surface area contributed by atoms with Crippen molar-refractivity contribution in [3.8, 4) is 0 Å². The number of carboxylic acid groups (broad SMARTS) is 1. The molecule has 3 rings (SSSR count). The van der Waals surface area contributed by atoms with Crippen molar-refractivity contribution in [3.63, 3.8) is 0 Å². The average molecular weight is 364 g/mol. The summed E-state index contributed by atoms with van der Waals surface area (Å²) in [5.41, 5.74) is 0.750. The van der Waals surface area contributed by atoms with Crippen molar-refractivity contribution < 1.29 is 23.8 Å². The number of aliphatic carboxylic acids is 1. The highest BCUT2D eigenvalue weighted by Gasteiger charge is 2.24. The number of halogens is 1. The molecule has 2 heterocycles. The van der Waals surface area contributed by atoms with Gasteiger partial charge in [-0.15, -0.1) is 11.3 Å². The summed E-state index contributed by atoms with van der Waals surface area (Å²) in [7, 11) is 0. The maximum Gasteiger partial charge on any atom is 0.305 e. The van der Waals surface area contributed by atoms with Crippen LogP contribution in [0.4, 0.5) is 4.39 Å². The van der Waals surface area contributed by atoms with Crippen molar-refractivity contribution in [1.29, 1.82) is 0 Å². The fourth-order valence-electron chi connectivity index (χ4n) is 2.67. The van der Waals surface area contributed by atoms with Gasteiger partial charge in [-0.05, 0) is 30.5 Å². The Balaban J connectivity index is 1.73. The molecule has 1 aromatic carbocycles. The molecule has 1 amide bonds. The summed E-state index contributed by atoms with van der Waals surface area (Å²) >= 11 is 1.35. The van der Waals surface area contributed by atoms with E-state index in [2.05, 4.69) is 10.3 Å². The topological polar surface area (TPSA) is 88.5 Å². The van der Waals surface area contributed by atoms with Crippen LogP contribution in [0, 0.1) is 5.82 Å². The van der Waals surface area contributed by atoms with Gasteiger partial charge < -0.3 is 15.2 Å². The van der Waals surface area contributed by atoms with Crippen molar-refractivity contribution in [2.24, 2.45) is 0 Å². The van der Waals surface area contributed by atoms with Crippen LogP contribution in [0.25, 0.3) is 0 Å². The second-order valence-corrected chi connectivity index (χ2v) is 6.64. The summed E-state index contributed by atoms with van der Waals surface area (Å²) in [4.78, 5) is 27.8. The first kappa shape index (κ1) is 17.5. The van der Waals surface area contributed by atoms with Crippen LogP contribution < -0.4 is 5.32 Å². The number of carbonyl (C=O) groups excluding carboxylic acids is 1. The summed E-state index contributed by atoms with van der Waals surface area (Å²) in [6.07, 6.45) is 1.47. The third-order valence-electron chi connectivity index (χ3n) is 3.92. The van der Waals surface area contributed by atoms with Gasteiger partial charge in [-0.2, -0.15) is 0 Å². The van der Waals surface area contributed by atoms with E-state index in [-0.39, 0.29) is 18.2 Å². The van der Waals surface area contributed by atoms with Crippen molar-refractivity contribution in [3.05, 3.63) is 51.7 Å². The molecule has 6 nitrogen and oxygen atoms in total. The predicted octanol–water partition coefficient (Wildman–Crippen LogP) is 3.08. The summed E-state index contributed by atoms with van der Waals surface area (Å²) < 4.78 is 18.6. The number of benzene rings is 1. The number of hydrogen-bond donors (Lipinski definition) is 2. The Morgan fingerprint density at radius 3 is 2.80 bits per heavy atom. The summed E-state index contributed by atoms with van der Waals surface area (Å²) in [6, 6.07) is 4.62. The van der Waals surface area contributed by atoms with E-state index in [4.69, 9.17) is 9.84 Å². The summed E-state index contributed by atoms with van der Waals surface area (Å²) in [5, 5.41) is 14.1. The lowest BCUT2D eigenvalue weighted by Crippen LogP contribution is -2.30. The second kappa shape index (κ2) is 7.71. The standard InChI is InChI=1S/C17H17FN2O4S/c18-11-5-3-10(4-6-11)12(8-15(21)22)19-16(23)13-9-25-17(20-13)14-2-1-7-24-14/h3-6,9,12,14H,1-2,7-8H2,(H,19,23)(H,21,22). The third kappa shape index (κ3) is 4.40. The van der Waals surface area contributed by atoms with Gasteiger partial charge in [0, 0.05) is 12.0 Å². The van der Waals surface area contributed by atoms with Crippen molar-refractivity contribution in [2.75, 3.05) is 6.61 Å². The normalized spacial score (nSPS) is 18.0. The fraction of sp³-hybridized carbons (Fsp3) is 0.353. The van der Waals surface area contributed by atoms with Gasteiger partial charge in [-0.3, -0.25) is 9.59 Å². The molecule has 1 aliphatic rings. The number of amides is 1. The minimum Gasteiger partial charge on any atom is -0.481 e. The molecule has 1 aliphatic heterocycles. The van der Waals surface area contributed by atoms with Gasteiger partial charge in [0.1, 0.15) is 22.6 Å². The first-order chi connectivity index (χ1) is 12.0. The molecule has 2 unspecified atom stereocenters. The van der Waals surface area contributed by atoms with E-state index in [1.807, 2.05) is 0 Å². The maximum absolute atomic E-state index is 13.1. The molecule has 132 valence electrons. The number of ether oxygens (including phenoxy) is 1. The van der Waals surface area contributed by atoms with Crippen molar-refractivity contribution >= 4 is 23.2 Å². The van der Waals surface area contributed by atoms with Crippen LogP contribution in [-0.4, -0.2) is 28.6 Å². The monoisotopic (exact) mass is 364 g/mol. The number of nitrogens with zero attached hydrogens (tertiary/aromatic N) is 1. The van der Waals surface area contributed by atoms with Gasteiger partial charge in [0.05, 0.1) is 12.5 Å². The summed E-state index contributed by atoms with van der Waals surface area (Å²) in [5.74, 6) is -1.95. The Morgan fingerprint density at radius 1 is 1.40 bits per heavy atom. The smallest absolute Gasteiger partial charge is 0.305 e. The summed E-state index contributed by atoms with van der Waals surface area (Å²) in [6.45, 7) is 0.691.